The number of nitrogens with one attached hydrogen (secondary N) is 1. The van der Waals surface area contributed by atoms with Gasteiger partial charge in [-0.1, -0.05) is 30.3 Å². The zero-order valence-electron chi connectivity index (χ0n) is 13.0. The monoisotopic (exact) mass is 377 g/mol. The topological polar surface area (TPSA) is 66.4 Å². The molecule has 2 rings (SSSR count). The Morgan fingerprint density at radius 1 is 1.08 bits per heavy atom. The molecule has 0 amide bonds. The number of aryl methyl sites for hydroxylation is 1. The van der Waals surface area contributed by atoms with Crippen molar-refractivity contribution < 1.29 is 31.1 Å². The van der Waals surface area contributed by atoms with Crippen LogP contribution in [0.5, 0.6) is 0 Å². The first-order chi connectivity index (χ1) is 11.5. The van der Waals surface area contributed by atoms with Crippen LogP contribution in [0, 0.1) is 12.7 Å². The standard InChI is InChI=1S/C16H15F4NO3S/c1-11-9-13(17)7-8-14(11)25(23,24)21-10-15(22,16(18,19)20)12-5-3-2-4-6-12/h2-9,21-22H,10H2,1H3/t15-/m1/s1. The van der Waals surface area contributed by atoms with Crippen LogP contribution in [0.25, 0.3) is 0 Å². The van der Waals surface area contributed by atoms with E-state index in [1.165, 1.54) is 25.1 Å². The molecule has 2 aromatic rings. The summed E-state index contributed by atoms with van der Waals surface area (Å²) >= 11 is 0. The molecule has 0 unspecified atom stereocenters. The number of rotatable bonds is 5. The van der Waals surface area contributed by atoms with Crippen molar-refractivity contribution in [2.75, 3.05) is 6.54 Å². The number of aliphatic hydroxyl groups is 1. The Kier molecular flexibility index (Phi) is 5.22. The second-order valence-corrected chi connectivity index (χ2v) is 7.19. The molecule has 1 atom stereocenters. The van der Waals surface area contributed by atoms with E-state index >= 15 is 0 Å². The van der Waals surface area contributed by atoms with Gasteiger partial charge in [0.25, 0.3) is 0 Å². The fourth-order valence-electron chi connectivity index (χ4n) is 2.27. The third-order valence-electron chi connectivity index (χ3n) is 3.66. The average Bonchev–Trinajstić information content (AvgIpc) is 2.52. The summed E-state index contributed by atoms with van der Waals surface area (Å²) in [5.41, 5.74) is -3.88. The van der Waals surface area contributed by atoms with Gasteiger partial charge in [0.1, 0.15) is 5.82 Å². The fraction of sp³-hybridized carbons (Fsp3) is 0.250. The van der Waals surface area contributed by atoms with Crippen LogP contribution in [0.4, 0.5) is 17.6 Å². The van der Waals surface area contributed by atoms with Crippen LogP contribution in [-0.2, 0) is 15.6 Å². The third kappa shape index (κ3) is 4.00. The Hall–Kier alpha value is -1.97. The number of alkyl halides is 3. The van der Waals surface area contributed by atoms with E-state index in [9.17, 15) is 31.1 Å². The van der Waals surface area contributed by atoms with Crippen LogP contribution < -0.4 is 4.72 Å². The molecule has 0 radical (unpaired) electrons. The largest absolute Gasteiger partial charge is 0.422 e. The van der Waals surface area contributed by atoms with Crippen molar-refractivity contribution in [3.63, 3.8) is 0 Å². The van der Waals surface area contributed by atoms with Gasteiger partial charge in [0.2, 0.25) is 10.0 Å². The fourth-order valence-corrected chi connectivity index (χ4v) is 3.56. The molecule has 0 spiro atoms. The first-order valence-electron chi connectivity index (χ1n) is 7.08. The molecular weight excluding hydrogens is 362 g/mol. The molecule has 0 saturated carbocycles. The van der Waals surface area contributed by atoms with Gasteiger partial charge in [0.15, 0.2) is 5.60 Å². The molecule has 0 bridgehead atoms. The molecule has 2 N–H and O–H groups in total. The summed E-state index contributed by atoms with van der Waals surface area (Å²) < 4.78 is 79.5. The Balaban J connectivity index is 2.35. The summed E-state index contributed by atoms with van der Waals surface area (Å²) in [6.07, 6.45) is -5.12. The number of hydrogen-bond donors (Lipinski definition) is 2. The average molecular weight is 377 g/mol. The summed E-state index contributed by atoms with van der Waals surface area (Å²) in [7, 11) is -4.39. The zero-order chi connectivity index (χ0) is 18.9. The SMILES string of the molecule is Cc1cc(F)ccc1S(=O)(=O)NC[C@@](O)(c1ccccc1)C(F)(F)F. The summed E-state index contributed by atoms with van der Waals surface area (Å²) in [4.78, 5) is -0.369. The minimum atomic E-state index is -5.12. The number of benzene rings is 2. The van der Waals surface area contributed by atoms with E-state index in [1.807, 2.05) is 0 Å². The van der Waals surface area contributed by atoms with E-state index in [-0.39, 0.29) is 10.5 Å². The minimum Gasteiger partial charge on any atom is -0.375 e. The van der Waals surface area contributed by atoms with Crippen LogP contribution in [0.3, 0.4) is 0 Å². The van der Waals surface area contributed by atoms with Crippen LogP contribution in [0.15, 0.2) is 53.4 Å². The van der Waals surface area contributed by atoms with E-state index in [0.29, 0.717) is 0 Å². The lowest BCUT2D eigenvalue weighted by Gasteiger charge is -2.31. The van der Waals surface area contributed by atoms with Crippen molar-refractivity contribution >= 4 is 10.0 Å². The van der Waals surface area contributed by atoms with Crippen molar-refractivity contribution in [3.8, 4) is 0 Å². The van der Waals surface area contributed by atoms with Gasteiger partial charge in [-0.25, -0.2) is 17.5 Å². The maximum absolute atomic E-state index is 13.4. The van der Waals surface area contributed by atoms with Gasteiger partial charge in [-0.2, -0.15) is 13.2 Å². The van der Waals surface area contributed by atoms with Gasteiger partial charge in [0.05, 0.1) is 11.4 Å². The summed E-state index contributed by atoms with van der Waals surface area (Å²) in [5.74, 6) is -0.674. The van der Waals surface area contributed by atoms with Gasteiger partial charge in [-0.05, 0) is 36.2 Å². The minimum absolute atomic E-state index is 0.0303. The smallest absolute Gasteiger partial charge is 0.375 e. The molecule has 25 heavy (non-hydrogen) atoms. The summed E-state index contributed by atoms with van der Waals surface area (Å²) in [6, 6.07) is 8.93. The Morgan fingerprint density at radius 2 is 1.68 bits per heavy atom. The van der Waals surface area contributed by atoms with Crippen LogP contribution in [0.1, 0.15) is 11.1 Å². The molecule has 136 valence electrons. The number of hydrogen-bond acceptors (Lipinski definition) is 3. The molecular formula is C16H15F4NO3S. The van der Waals surface area contributed by atoms with Gasteiger partial charge < -0.3 is 5.11 Å². The molecule has 0 fully saturated rings. The maximum Gasteiger partial charge on any atom is 0.422 e. The molecule has 0 aliphatic rings. The van der Waals surface area contributed by atoms with Gasteiger partial charge in [-0.15, -0.1) is 0 Å². The lowest BCUT2D eigenvalue weighted by Crippen LogP contribution is -2.51. The molecule has 9 heteroatoms. The van der Waals surface area contributed by atoms with Crippen molar-refractivity contribution in [2.24, 2.45) is 0 Å². The highest BCUT2D eigenvalue weighted by atomic mass is 32.2. The second-order valence-electron chi connectivity index (χ2n) is 5.46. The van der Waals surface area contributed by atoms with Crippen LogP contribution >= 0.6 is 0 Å². The van der Waals surface area contributed by atoms with Crippen molar-refractivity contribution in [3.05, 3.63) is 65.5 Å². The normalized spacial score (nSPS) is 15.0. The molecule has 0 aliphatic heterocycles. The lowest BCUT2D eigenvalue weighted by atomic mass is 9.93. The highest BCUT2D eigenvalue weighted by molar-refractivity contribution is 7.89. The first kappa shape index (κ1) is 19.4. The molecule has 0 saturated heterocycles. The van der Waals surface area contributed by atoms with Crippen molar-refractivity contribution in [2.45, 2.75) is 23.6 Å². The highest BCUT2D eigenvalue weighted by Crippen LogP contribution is 2.38. The molecule has 4 nitrogen and oxygen atoms in total. The van der Waals surface area contributed by atoms with Gasteiger partial charge in [-0.3, -0.25) is 0 Å². The lowest BCUT2D eigenvalue weighted by molar-refractivity contribution is -0.263. The predicted octanol–water partition coefficient (Wildman–Crippen LogP) is 2.86. The van der Waals surface area contributed by atoms with Crippen molar-refractivity contribution in [1.82, 2.24) is 4.72 Å². The van der Waals surface area contributed by atoms with E-state index in [1.54, 1.807) is 4.72 Å². The third-order valence-corrected chi connectivity index (χ3v) is 5.23. The second kappa shape index (κ2) is 6.74. The molecule has 0 aliphatic carbocycles. The number of halogens is 4. The van der Waals surface area contributed by atoms with E-state index in [4.69, 9.17) is 0 Å². The van der Waals surface area contributed by atoms with E-state index < -0.39 is 39.7 Å². The number of sulfonamides is 1. The van der Waals surface area contributed by atoms with Gasteiger partial charge >= 0.3 is 6.18 Å². The predicted molar refractivity (Wildman–Crippen MR) is 82.7 cm³/mol. The van der Waals surface area contributed by atoms with Crippen LogP contribution in [-0.4, -0.2) is 26.2 Å². The maximum atomic E-state index is 13.4. The highest BCUT2D eigenvalue weighted by Gasteiger charge is 2.55. The van der Waals surface area contributed by atoms with E-state index in [0.717, 1.165) is 30.3 Å². The Labute approximate surface area is 142 Å². The quantitative estimate of drug-likeness (QED) is 0.788. The molecule has 0 heterocycles. The summed E-state index contributed by atoms with van der Waals surface area (Å²) in [5, 5.41) is 10.1. The molecule has 0 aromatic heterocycles. The van der Waals surface area contributed by atoms with Crippen molar-refractivity contribution in [1.29, 1.82) is 0 Å². The Morgan fingerprint density at radius 3 is 2.20 bits per heavy atom. The summed E-state index contributed by atoms with van der Waals surface area (Å²) in [6.45, 7) is -0.00947. The molecule has 2 aromatic carbocycles. The van der Waals surface area contributed by atoms with E-state index in [2.05, 4.69) is 0 Å². The zero-order valence-corrected chi connectivity index (χ0v) is 13.8. The Bertz CT molecular complexity index is 853. The first-order valence-corrected chi connectivity index (χ1v) is 8.56. The van der Waals surface area contributed by atoms with Gasteiger partial charge in [0, 0.05) is 0 Å². The van der Waals surface area contributed by atoms with Crippen LogP contribution in [0.2, 0.25) is 0 Å².